The van der Waals surface area contributed by atoms with E-state index in [0.717, 1.165) is 0 Å². The quantitative estimate of drug-likeness (QED) is 0.572. The molecular formula is C8H12NO5PS. The monoisotopic (exact) mass is 265 g/mol. The molecular weight excluding hydrogens is 253 g/mol. The molecule has 0 amide bonds. The summed E-state index contributed by atoms with van der Waals surface area (Å²) in [5, 5.41) is 10.5. The molecule has 0 aromatic carbocycles. The van der Waals surface area contributed by atoms with Crippen LogP contribution in [-0.2, 0) is 9.36 Å². The van der Waals surface area contributed by atoms with Gasteiger partial charge in [0.25, 0.3) is 0 Å². The van der Waals surface area contributed by atoms with E-state index < -0.39 is 31.7 Å². The molecule has 0 aliphatic rings. The maximum absolute atomic E-state index is 10.9. The zero-order valence-electron chi connectivity index (χ0n) is 8.18. The van der Waals surface area contributed by atoms with Crippen LogP contribution in [0.5, 0.6) is 0 Å². The lowest BCUT2D eigenvalue weighted by Gasteiger charge is -2.19. The molecule has 0 aliphatic heterocycles. The van der Waals surface area contributed by atoms with Crippen molar-refractivity contribution < 1.29 is 24.3 Å². The van der Waals surface area contributed by atoms with Crippen molar-refractivity contribution in [1.82, 2.24) is 0 Å². The molecule has 0 saturated carbocycles. The van der Waals surface area contributed by atoms with E-state index in [1.165, 1.54) is 11.3 Å². The third kappa shape index (κ3) is 3.70. The first-order valence-corrected chi connectivity index (χ1v) is 7.05. The average molecular weight is 265 g/mol. The summed E-state index contributed by atoms with van der Waals surface area (Å²) in [6, 6.07) is 1.99. The van der Waals surface area contributed by atoms with Gasteiger partial charge >= 0.3 is 13.6 Å². The van der Waals surface area contributed by atoms with Crippen LogP contribution in [0.1, 0.15) is 10.8 Å². The van der Waals surface area contributed by atoms with Crippen molar-refractivity contribution in [1.29, 1.82) is 0 Å². The van der Waals surface area contributed by atoms with Gasteiger partial charge in [-0.25, -0.2) is 0 Å². The first kappa shape index (κ1) is 13.3. The van der Waals surface area contributed by atoms with Gasteiger partial charge in [0.15, 0.2) is 0 Å². The number of hydrogen-bond acceptors (Lipinski definition) is 4. The highest BCUT2D eigenvalue weighted by molar-refractivity contribution is 7.51. The number of carboxylic acids is 1. The van der Waals surface area contributed by atoms with Crippen LogP contribution in [0.15, 0.2) is 17.5 Å². The Morgan fingerprint density at radius 2 is 2.19 bits per heavy atom. The molecule has 16 heavy (non-hydrogen) atoms. The van der Waals surface area contributed by atoms with Crippen LogP contribution in [0.4, 0.5) is 0 Å². The molecule has 1 heterocycles. The van der Waals surface area contributed by atoms with Crippen molar-refractivity contribution in [3.63, 3.8) is 0 Å². The van der Waals surface area contributed by atoms with Gasteiger partial charge in [0.05, 0.1) is 6.16 Å². The molecule has 0 fully saturated rings. The lowest BCUT2D eigenvalue weighted by Crippen LogP contribution is -2.37. The van der Waals surface area contributed by atoms with E-state index in [9.17, 15) is 9.36 Å². The number of rotatable bonds is 5. The Balaban J connectivity index is 2.95. The number of aliphatic carboxylic acids is 1. The third-order valence-corrected chi connectivity index (χ3v) is 3.94. The smallest absolute Gasteiger partial charge is 0.326 e. The highest BCUT2D eigenvalue weighted by atomic mass is 32.1. The second-order valence-corrected chi connectivity index (χ2v) is 6.01. The standard InChI is InChI=1S/C8H12NO5PS/c9-7(8(10)11)5(4-15(12,13)14)6-2-1-3-16-6/h1-3,5,7H,4,9H2,(H,10,11)(H2,12,13,14)/t5-,7+/m0/s1. The first-order valence-electron chi connectivity index (χ1n) is 4.37. The largest absolute Gasteiger partial charge is 0.480 e. The highest BCUT2D eigenvalue weighted by Gasteiger charge is 2.32. The van der Waals surface area contributed by atoms with Gasteiger partial charge in [0.2, 0.25) is 0 Å². The van der Waals surface area contributed by atoms with Crippen molar-refractivity contribution >= 4 is 24.9 Å². The molecule has 1 aromatic heterocycles. The van der Waals surface area contributed by atoms with Gasteiger partial charge in [0, 0.05) is 10.8 Å². The van der Waals surface area contributed by atoms with Crippen LogP contribution >= 0.6 is 18.9 Å². The van der Waals surface area contributed by atoms with Crippen molar-refractivity contribution in [3.8, 4) is 0 Å². The van der Waals surface area contributed by atoms with Crippen molar-refractivity contribution in [2.45, 2.75) is 12.0 Å². The molecule has 1 aromatic rings. The van der Waals surface area contributed by atoms with E-state index >= 15 is 0 Å². The van der Waals surface area contributed by atoms with Crippen molar-refractivity contribution in [2.24, 2.45) is 5.73 Å². The minimum atomic E-state index is -4.29. The zero-order valence-corrected chi connectivity index (χ0v) is 9.90. The normalized spacial score (nSPS) is 15.7. The Kier molecular flexibility index (Phi) is 4.23. The van der Waals surface area contributed by atoms with Crippen molar-refractivity contribution in [3.05, 3.63) is 22.4 Å². The molecule has 2 atom stereocenters. The molecule has 0 saturated heterocycles. The van der Waals surface area contributed by atoms with Crippen LogP contribution < -0.4 is 5.73 Å². The number of hydrogen-bond donors (Lipinski definition) is 4. The predicted octanol–water partition coefficient (Wildman–Crippen LogP) is 0.421. The summed E-state index contributed by atoms with van der Waals surface area (Å²) in [5.41, 5.74) is 5.42. The van der Waals surface area contributed by atoms with Crippen LogP contribution in [-0.4, -0.2) is 33.1 Å². The second kappa shape index (κ2) is 5.07. The van der Waals surface area contributed by atoms with E-state index in [2.05, 4.69) is 0 Å². The lowest BCUT2D eigenvalue weighted by atomic mass is 10.0. The molecule has 90 valence electrons. The zero-order chi connectivity index (χ0) is 12.3. The summed E-state index contributed by atoms with van der Waals surface area (Å²) in [4.78, 5) is 29.1. The molecule has 5 N–H and O–H groups in total. The number of thiophene rings is 1. The van der Waals surface area contributed by atoms with Crippen molar-refractivity contribution in [2.75, 3.05) is 6.16 Å². The van der Waals surface area contributed by atoms with Crippen LogP contribution in [0.3, 0.4) is 0 Å². The summed E-state index contributed by atoms with van der Waals surface area (Å²) in [6.45, 7) is 0. The average Bonchev–Trinajstić information content (AvgIpc) is 2.64. The van der Waals surface area contributed by atoms with E-state index in [1.54, 1.807) is 17.5 Å². The molecule has 6 nitrogen and oxygen atoms in total. The van der Waals surface area contributed by atoms with Crippen LogP contribution in [0.25, 0.3) is 0 Å². The summed E-state index contributed by atoms with van der Waals surface area (Å²) in [7, 11) is -4.29. The predicted molar refractivity (Wildman–Crippen MR) is 59.6 cm³/mol. The maximum Gasteiger partial charge on any atom is 0.326 e. The Labute approximate surface area is 95.9 Å². The van der Waals surface area contributed by atoms with E-state index in [-0.39, 0.29) is 0 Å². The topological polar surface area (TPSA) is 121 Å². The molecule has 0 aliphatic carbocycles. The maximum atomic E-state index is 10.9. The highest BCUT2D eigenvalue weighted by Crippen LogP contribution is 2.42. The van der Waals surface area contributed by atoms with E-state index in [0.29, 0.717) is 4.88 Å². The first-order chi connectivity index (χ1) is 7.31. The Hall–Kier alpha value is -0.720. The minimum absolute atomic E-state index is 0.555. The van der Waals surface area contributed by atoms with Crippen LogP contribution in [0.2, 0.25) is 0 Å². The fourth-order valence-electron chi connectivity index (χ4n) is 1.31. The van der Waals surface area contributed by atoms with E-state index in [4.69, 9.17) is 20.6 Å². The second-order valence-electron chi connectivity index (χ2n) is 3.33. The fourth-order valence-corrected chi connectivity index (χ4v) is 3.25. The Morgan fingerprint density at radius 3 is 2.56 bits per heavy atom. The minimum Gasteiger partial charge on any atom is -0.480 e. The van der Waals surface area contributed by atoms with Gasteiger partial charge in [-0.15, -0.1) is 11.3 Å². The van der Waals surface area contributed by atoms with Crippen LogP contribution in [0, 0.1) is 0 Å². The number of nitrogens with two attached hydrogens (primary N) is 1. The van der Waals surface area contributed by atoms with Gasteiger partial charge < -0.3 is 20.6 Å². The Bertz CT molecular complexity index is 401. The molecule has 0 bridgehead atoms. The molecule has 8 heteroatoms. The summed E-state index contributed by atoms with van der Waals surface area (Å²) in [6.07, 6.45) is -0.555. The van der Waals surface area contributed by atoms with Gasteiger partial charge in [-0.05, 0) is 11.4 Å². The summed E-state index contributed by atoms with van der Waals surface area (Å²) >= 11 is 1.23. The van der Waals surface area contributed by atoms with Gasteiger partial charge in [-0.1, -0.05) is 6.07 Å². The molecule has 0 radical (unpaired) electrons. The van der Waals surface area contributed by atoms with Gasteiger partial charge in [-0.2, -0.15) is 0 Å². The fraction of sp³-hybridized carbons (Fsp3) is 0.375. The summed E-state index contributed by atoms with van der Waals surface area (Å²) in [5.74, 6) is -2.13. The summed E-state index contributed by atoms with van der Waals surface area (Å²) < 4.78 is 10.9. The third-order valence-electron chi connectivity index (χ3n) is 2.06. The lowest BCUT2D eigenvalue weighted by molar-refractivity contribution is -0.138. The Morgan fingerprint density at radius 1 is 1.56 bits per heavy atom. The number of carboxylic acid groups (broad SMARTS) is 1. The molecule has 0 unspecified atom stereocenters. The number of carbonyl (C=O) groups is 1. The SMILES string of the molecule is N[C@@H](C(=O)O)[C@@H](CP(=O)(O)O)c1cccs1. The molecule has 0 spiro atoms. The van der Waals surface area contributed by atoms with E-state index in [1.807, 2.05) is 0 Å². The van der Waals surface area contributed by atoms with Gasteiger partial charge in [0.1, 0.15) is 6.04 Å². The molecule has 1 rings (SSSR count). The van der Waals surface area contributed by atoms with Gasteiger partial charge in [-0.3, -0.25) is 9.36 Å².